The molecule has 0 aliphatic rings. The summed E-state index contributed by atoms with van der Waals surface area (Å²) in [7, 11) is 0.521. The molecular weight excluding hydrogens is 281 g/mol. The van der Waals surface area contributed by atoms with E-state index in [1.54, 1.807) is 13.8 Å². The van der Waals surface area contributed by atoms with Crippen molar-refractivity contribution in [2.45, 2.75) is 37.9 Å². The minimum atomic E-state index is -4.86. The molecule has 0 amide bonds. The molecule has 0 unspecified atom stereocenters. The zero-order valence-corrected chi connectivity index (χ0v) is 10.8. The van der Waals surface area contributed by atoms with E-state index in [2.05, 4.69) is 5.10 Å². The third-order valence-electron chi connectivity index (χ3n) is 2.10. The molecule has 0 saturated carbocycles. The van der Waals surface area contributed by atoms with Gasteiger partial charge in [-0.3, -0.25) is 4.68 Å². The Bertz CT molecular complexity index is 534. The summed E-state index contributed by atoms with van der Waals surface area (Å²) in [5.41, 5.74) is -1.60. The van der Waals surface area contributed by atoms with Crippen molar-refractivity contribution in [2.24, 2.45) is 0 Å². The van der Waals surface area contributed by atoms with Crippen LogP contribution < -0.4 is 0 Å². The topological polar surface area (TPSA) is 52.0 Å². The van der Waals surface area contributed by atoms with Crippen LogP contribution in [0.15, 0.2) is 4.90 Å². The van der Waals surface area contributed by atoms with Gasteiger partial charge in [-0.15, -0.1) is 0 Å². The van der Waals surface area contributed by atoms with Gasteiger partial charge in [0, 0.05) is 16.7 Å². The van der Waals surface area contributed by atoms with E-state index in [0.29, 0.717) is 0 Å². The van der Waals surface area contributed by atoms with Crippen molar-refractivity contribution in [3.63, 3.8) is 0 Å². The lowest BCUT2D eigenvalue weighted by Gasteiger charge is -2.07. The number of nitrogens with zero attached hydrogens (tertiary/aromatic N) is 2. The van der Waals surface area contributed by atoms with E-state index in [9.17, 15) is 21.6 Å². The number of hydrogen-bond acceptors (Lipinski definition) is 3. The van der Waals surface area contributed by atoms with Gasteiger partial charge in [0.15, 0.2) is 5.69 Å². The Morgan fingerprint density at radius 3 is 2.06 bits per heavy atom. The van der Waals surface area contributed by atoms with Crippen LogP contribution in [-0.4, -0.2) is 18.2 Å². The van der Waals surface area contributed by atoms with Gasteiger partial charge in [0.1, 0.15) is 4.90 Å². The summed E-state index contributed by atoms with van der Waals surface area (Å²) in [5.74, 6) is 0. The van der Waals surface area contributed by atoms with Crippen molar-refractivity contribution in [3.05, 3.63) is 11.4 Å². The fourth-order valence-corrected chi connectivity index (χ4v) is 2.87. The van der Waals surface area contributed by atoms with Crippen molar-refractivity contribution < 1.29 is 21.6 Å². The average Bonchev–Trinajstić information content (AvgIpc) is 2.40. The second-order valence-corrected chi connectivity index (χ2v) is 6.24. The number of halogens is 4. The molecule has 0 N–H and O–H groups in total. The summed E-state index contributed by atoms with van der Waals surface area (Å²) in [6.07, 6.45) is -4.86. The van der Waals surface area contributed by atoms with Crippen molar-refractivity contribution in [3.8, 4) is 0 Å². The molecule has 1 heterocycles. The highest BCUT2D eigenvalue weighted by Gasteiger charge is 2.42. The fraction of sp³-hybridized carbons (Fsp3) is 0.625. The van der Waals surface area contributed by atoms with Crippen molar-refractivity contribution in [1.82, 2.24) is 9.78 Å². The Kier molecular flexibility index (Phi) is 3.50. The second-order valence-electron chi connectivity index (χ2n) is 3.74. The Hall–Kier alpha value is -0.760. The van der Waals surface area contributed by atoms with E-state index in [-0.39, 0.29) is 5.69 Å². The van der Waals surface area contributed by atoms with Crippen molar-refractivity contribution in [1.29, 1.82) is 0 Å². The van der Waals surface area contributed by atoms with Crippen LogP contribution >= 0.6 is 10.7 Å². The lowest BCUT2D eigenvalue weighted by Crippen LogP contribution is -2.11. The lowest BCUT2D eigenvalue weighted by atomic mass is 10.3. The second kappa shape index (κ2) is 4.16. The molecule has 1 aromatic heterocycles. The molecular formula is C8H10ClF3N2O2S. The maximum atomic E-state index is 12.6. The Morgan fingerprint density at radius 1 is 1.35 bits per heavy atom. The highest BCUT2D eigenvalue weighted by atomic mass is 35.7. The maximum Gasteiger partial charge on any atom is 0.436 e. The van der Waals surface area contributed by atoms with Crippen LogP contribution in [0.5, 0.6) is 0 Å². The molecule has 0 aromatic carbocycles. The van der Waals surface area contributed by atoms with Gasteiger partial charge in [-0.2, -0.15) is 18.3 Å². The average molecular weight is 291 g/mol. The highest BCUT2D eigenvalue weighted by molar-refractivity contribution is 8.13. The third-order valence-corrected chi connectivity index (χ3v) is 3.54. The molecule has 0 aliphatic carbocycles. The minimum Gasteiger partial charge on any atom is -0.265 e. The molecule has 1 aromatic rings. The zero-order chi connectivity index (χ0) is 13.6. The van der Waals surface area contributed by atoms with Crippen molar-refractivity contribution in [2.75, 3.05) is 0 Å². The molecule has 0 fully saturated rings. The quantitative estimate of drug-likeness (QED) is 0.787. The van der Waals surface area contributed by atoms with E-state index >= 15 is 0 Å². The van der Waals surface area contributed by atoms with Crippen LogP contribution in [-0.2, 0) is 15.2 Å². The van der Waals surface area contributed by atoms with Gasteiger partial charge < -0.3 is 0 Å². The first-order valence-electron chi connectivity index (χ1n) is 4.57. The Labute approximate surface area is 101 Å². The minimum absolute atomic E-state index is 0.123. The largest absolute Gasteiger partial charge is 0.436 e. The Morgan fingerprint density at radius 2 is 1.82 bits per heavy atom. The maximum absolute atomic E-state index is 12.6. The molecule has 17 heavy (non-hydrogen) atoms. The number of alkyl halides is 3. The van der Waals surface area contributed by atoms with E-state index < -0.39 is 31.9 Å². The molecule has 0 atom stereocenters. The van der Waals surface area contributed by atoms with E-state index in [1.807, 2.05) is 0 Å². The van der Waals surface area contributed by atoms with E-state index in [0.717, 1.165) is 4.68 Å². The van der Waals surface area contributed by atoms with Crippen LogP contribution in [0, 0.1) is 6.92 Å². The van der Waals surface area contributed by atoms with Gasteiger partial charge in [0.05, 0.1) is 5.69 Å². The fourth-order valence-electron chi connectivity index (χ4n) is 1.48. The SMILES string of the molecule is Cc1c(S(=O)(=O)Cl)c(C(F)(F)F)nn1C(C)C. The predicted octanol–water partition coefficient (Wildman–Crippen LogP) is 2.72. The summed E-state index contributed by atoms with van der Waals surface area (Å²) in [4.78, 5) is -0.972. The molecule has 0 aliphatic heterocycles. The summed E-state index contributed by atoms with van der Waals surface area (Å²) >= 11 is 0. The van der Waals surface area contributed by atoms with Crippen LogP contribution in [0.3, 0.4) is 0 Å². The number of hydrogen-bond donors (Lipinski definition) is 0. The Balaban J connectivity index is 3.67. The molecule has 0 bridgehead atoms. The van der Waals surface area contributed by atoms with Gasteiger partial charge in [0.25, 0.3) is 9.05 Å². The van der Waals surface area contributed by atoms with Crippen molar-refractivity contribution >= 4 is 19.7 Å². The molecule has 0 spiro atoms. The van der Waals surface area contributed by atoms with Gasteiger partial charge >= 0.3 is 6.18 Å². The predicted molar refractivity (Wildman–Crippen MR) is 55.4 cm³/mol. The molecule has 0 radical (unpaired) electrons. The summed E-state index contributed by atoms with van der Waals surface area (Å²) in [6, 6.07) is -0.400. The normalized spacial score (nSPS) is 13.4. The molecule has 98 valence electrons. The smallest absolute Gasteiger partial charge is 0.265 e. The van der Waals surface area contributed by atoms with Gasteiger partial charge in [-0.25, -0.2) is 8.42 Å². The number of aromatic nitrogens is 2. The van der Waals surface area contributed by atoms with Crippen LogP contribution in [0.1, 0.15) is 31.3 Å². The van der Waals surface area contributed by atoms with Gasteiger partial charge in [-0.05, 0) is 20.8 Å². The molecule has 1 rings (SSSR count). The zero-order valence-electron chi connectivity index (χ0n) is 9.21. The van der Waals surface area contributed by atoms with E-state index in [1.165, 1.54) is 6.92 Å². The van der Waals surface area contributed by atoms with Crippen LogP contribution in [0.4, 0.5) is 13.2 Å². The van der Waals surface area contributed by atoms with Gasteiger partial charge in [-0.1, -0.05) is 0 Å². The molecule has 0 saturated heterocycles. The van der Waals surface area contributed by atoms with E-state index in [4.69, 9.17) is 10.7 Å². The highest BCUT2D eigenvalue weighted by Crippen LogP contribution is 2.37. The van der Waals surface area contributed by atoms with Crippen LogP contribution in [0.2, 0.25) is 0 Å². The number of rotatable bonds is 2. The van der Waals surface area contributed by atoms with Gasteiger partial charge in [0.2, 0.25) is 0 Å². The summed E-state index contributed by atoms with van der Waals surface area (Å²) in [5, 5.41) is 3.28. The molecule has 9 heteroatoms. The molecule has 4 nitrogen and oxygen atoms in total. The summed E-state index contributed by atoms with van der Waals surface area (Å²) < 4.78 is 61.2. The third kappa shape index (κ3) is 2.74. The monoisotopic (exact) mass is 290 g/mol. The summed E-state index contributed by atoms with van der Waals surface area (Å²) in [6.45, 7) is 4.41. The lowest BCUT2D eigenvalue weighted by molar-refractivity contribution is -0.143. The first kappa shape index (κ1) is 14.3. The standard InChI is InChI=1S/C8H10ClF3N2O2S/c1-4(2)14-5(3)6(17(9,15)16)7(13-14)8(10,11)12/h4H,1-3H3. The first-order chi connectivity index (χ1) is 7.46. The van der Waals surface area contributed by atoms with Crippen LogP contribution in [0.25, 0.3) is 0 Å². The first-order valence-corrected chi connectivity index (χ1v) is 6.88.